The molecule has 1 saturated carbocycles. The van der Waals surface area contributed by atoms with E-state index in [4.69, 9.17) is 4.74 Å². The van der Waals surface area contributed by atoms with Gasteiger partial charge in [0.05, 0.1) is 19.6 Å². The number of carbonyl (C=O) groups is 1. The van der Waals surface area contributed by atoms with Crippen molar-refractivity contribution in [1.29, 1.82) is 0 Å². The summed E-state index contributed by atoms with van der Waals surface area (Å²) in [4.78, 5) is 18.7. The second-order valence-corrected chi connectivity index (χ2v) is 12.7. The highest BCUT2D eigenvalue weighted by Crippen LogP contribution is 2.34. The summed E-state index contributed by atoms with van der Waals surface area (Å²) in [6, 6.07) is 7.99. The summed E-state index contributed by atoms with van der Waals surface area (Å²) in [5.74, 6) is 6.87. The lowest BCUT2D eigenvalue weighted by Gasteiger charge is -2.37. The Kier molecular flexibility index (Phi) is 9.65. The monoisotopic (exact) mass is 553 g/mol. The molecule has 39 heavy (non-hydrogen) atoms. The predicted molar refractivity (Wildman–Crippen MR) is 149 cm³/mol. The first-order valence-electron chi connectivity index (χ1n) is 13.8. The normalized spacial score (nSPS) is 22.3. The minimum absolute atomic E-state index is 0.0497. The lowest BCUT2D eigenvalue weighted by atomic mass is 9.90. The van der Waals surface area contributed by atoms with E-state index in [0.717, 1.165) is 18.4 Å². The van der Waals surface area contributed by atoms with E-state index in [0.29, 0.717) is 11.5 Å². The molecule has 3 atom stereocenters. The van der Waals surface area contributed by atoms with Crippen LogP contribution < -0.4 is 4.74 Å². The minimum Gasteiger partial charge on any atom is -0.487 e. The van der Waals surface area contributed by atoms with Gasteiger partial charge in [0.2, 0.25) is 15.9 Å². The van der Waals surface area contributed by atoms with Gasteiger partial charge in [-0.2, -0.15) is 4.31 Å². The summed E-state index contributed by atoms with van der Waals surface area (Å²) >= 11 is 0. The number of hydrogen-bond acceptors (Lipinski definition) is 6. The summed E-state index contributed by atoms with van der Waals surface area (Å²) in [6.07, 6.45) is 8.90. The molecule has 4 rings (SSSR count). The van der Waals surface area contributed by atoms with Gasteiger partial charge in [-0.25, -0.2) is 8.42 Å². The summed E-state index contributed by atoms with van der Waals surface area (Å²) in [7, 11) is -2.20. The van der Waals surface area contributed by atoms with E-state index >= 15 is 0 Å². The fraction of sp³-hybridized carbons (Fsp3) is 0.533. The molecule has 0 radical (unpaired) electrons. The molecule has 9 heteroatoms. The first-order valence-corrected chi connectivity index (χ1v) is 15.2. The molecule has 1 fully saturated rings. The second kappa shape index (κ2) is 12.9. The van der Waals surface area contributed by atoms with Gasteiger partial charge in [0, 0.05) is 49.4 Å². The number of aliphatic hydroxyl groups excluding tert-OH is 1. The maximum absolute atomic E-state index is 13.7. The van der Waals surface area contributed by atoms with Gasteiger partial charge < -0.3 is 14.7 Å². The van der Waals surface area contributed by atoms with E-state index in [1.165, 1.54) is 23.6 Å². The number of hydrogen-bond donors (Lipinski definition) is 1. The molecule has 0 bridgehead atoms. The molecular formula is C30H39N3O5S. The second-order valence-electron chi connectivity index (χ2n) is 10.8. The van der Waals surface area contributed by atoms with E-state index in [1.54, 1.807) is 49.5 Å². The minimum atomic E-state index is -3.93. The van der Waals surface area contributed by atoms with Crippen LogP contribution >= 0.6 is 0 Å². The first kappa shape index (κ1) is 29.1. The van der Waals surface area contributed by atoms with Crippen LogP contribution in [0.5, 0.6) is 5.75 Å². The number of ether oxygens (including phenoxy) is 1. The molecule has 1 N–H and O–H groups in total. The zero-order valence-electron chi connectivity index (χ0n) is 23.0. The molecule has 0 unspecified atom stereocenters. The zero-order chi connectivity index (χ0) is 28.0. The van der Waals surface area contributed by atoms with Gasteiger partial charge >= 0.3 is 0 Å². The first-order chi connectivity index (χ1) is 18.7. The standard InChI is InChI=1S/C30H39N3O5S/c1-22-19-33(23(2)21-34)39(36,37)29-12-11-25(10-9-24-7-5-4-6-8-24)17-27(29)38-28(22)20-32(3)30(35)18-26-13-15-31-16-14-26/h11-17,22-24,28,34H,4-8,18-21H2,1-3H3/t22-,23-,28-/m1/s1. The summed E-state index contributed by atoms with van der Waals surface area (Å²) in [6.45, 7) is 3.74. The Bertz CT molecular complexity index is 1300. The molecule has 1 amide bonds. The van der Waals surface area contributed by atoms with E-state index in [-0.39, 0.29) is 48.6 Å². The number of nitrogens with zero attached hydrogens (tertiary/aromatic N) is 3. The maximum atomic E-state index is 13.7. The smallest absolute Gasteiger partial charge is 0.247 e. The number of sulfonamides is 1. The highest BCUT2D eigenvalue weighted by Gasteiger charge is 2.38. The Morgan fingerprint density at radius 1 is 1.21 bits per heavy atom. The van der Waals surface area contributed by atoms with Gasteiger partial charge in [-0.05, 0) is 55.7 Å². The molecule has 0 saturated heterocycles. The number of benzene rings is 1. The van der Waals surface area contributed by atoms with E-state index in [1.807, 2.05) is 19.1 Å². The van der Waals surface area contributed by atoms with Crippen LogP contribution in [-0.2, 0) is 21.2 Å². The van der Waals surface area contributed by atoms with Crippen LogP contribution in [0.4, 0.5) is 0 Å². The molecule has 1 aliphatic carbocycles. The zero-order valence-corrected chi connectivity index (χ0v) is 23.9. The number of aliphatic hydroxyl groups is 1. The highest BCUT2D eigenvalue weighted by atomic mass is 32.2. The van der Waals surface area contributed by atoms with Crippen LogP contribution in [0.3, 0.4) is 0 Å². The fourth-order valence-corrected chi connectivity index (χ4v) is 6.96. The van der Waals surface area contributed by atoms with Gasteiger partial charge in [-0.1, -0.05) is 38.0 Å². The number of amides is 1. The van der Waals surface area contributed by atoms with Crippen LogP contribution in [0.2, 0.25) is 0 Å². The van der Waals surface area contributed by atoms with Gasteiger partial charge in [-0.3, -0.25) is 9.78 Å². The van der Waals surface area contributed by atoms with Crippen LogP contribution in [0, 0.1) is 23.7 Å². The van der Waals surface area contributed by atoms with E-state index < -0.39 is 22.2 Å². The van der Waals surface area contributed by atoms with Crippen LogP contribution in [0.15, 0.2) is 47.6 Å². The summed E-state index contributed by atoms with van der Waals surface area (Å²) in [5, 5.41) is 9.86. The Labute approximate surface area is 232 Å². The highest BCUT2D eigenvalue weighted by molar-refractivity contribution is 7.89. The quantitative estimate of drug-likeness (QED) is 0.550. The average Bonchev–Trinajstić information content (AvgIpc) is 2.94. The molecule has 2 aliphatic rings. The molecule has 0 spiro atoms. The van der Waals surface area contributed by atoms with Gasteiger partial charge in [0.1, 0.15) is 16.7 Å². The van der Waals surface area contributed by atoms with Crippen molar-refractivity contribution in [3.63, 3.8) is 0 Å². The van der Waals surface area contributed by atoms with Gasteiger partial charge in [-0.15, -0.1) is 0 Å². The van der Waals surface area contributed by atoms with Crippen molar-refractivity contribution in [2.45, 2.75) is 69.4 Å². The predicted octanol–water partition coefficient (Wildman–Crippen LogP) is 3.48. The van der Waals surface area contributed by atoms with Crippen molar-refractivity contribution >= 4 is 15.9 Å². The van der Waals surface area contributed by atoms with Crippen molar-refractivity contribution in [3.05, 3.63) is 53.9 Å². The molecule has 8 nitrogen and oxygen atoms in total. The molecule has 1 aromatic heterocycles. The lowest BCUT2D eigenvalue weighted by Crippen LogP contribution is -2.50. The Hall–Kier alpha value is -2.93. The van der Waals surface area contributed by atoms with E-state index in [9.17, 15) is 18.3 Å². The van der Waals surface area contributed by atoms with Crippen molar-refractivity contribution in [3.8, 4) is 17.6 Å². The third-order valence-corrected chi connectivity index (χ3v) is 9.70. The number of pyridine rings is 1. The molecule has 1 aromatic carbocycles. The summed E-state index contributed by atoms with van der Waals surface area (Å²) < 4.78 is 35.2. The third kappa shape index (κ3) is 7.18. The topological polar surface area (TPSA) is 100 Å². The molecule has 2 aromatic rings. The van der Waals surface area contributed by atoms with Crippen LogP contribution in [0.1, 0.15) is 57.1 Å². The average molecular weight is 554 g/mol. The number of aromatic nitrogens is 1. The van der Waals surface area contributed by atoms with Gasteiger partial charge in [0.25, 0.3) is 0 Å². The largest absolute Gasteiger partial charge is 0.487 e. The van der Waals surface area contributed by atoms with E-state index in [2.05, 4.69) is 16.8 Å². The molecule has 1 aliphatic heterocycles. The third-order valence-electron chi connectivity index (χ3n) is 7.68. The fourth-order valence-electron chi connectivity index (χ4n) is 5.14. The van der Waals surface area contributed by atoms with Crippen LogP contribution in [0.25, 0.3) is 0 Å². The number of carbonyl (C=O) groups excluding carboxylic acids is 1. The molecule has 2 heterocycles. The number of fused-ring (bicyclic) bond motifs is 1. The van der Waals surface area contributed by atoms with Crippen molar-refractivity contribution in [2.24, 2.45) is 11.8 Å². The van der Waals surface area contributed by atoms with Crippen molar-refractivity contribution in [2.75, 3.05) is 26.7 Å². The molecule has 210 valence electrons. The number of rotatable bonds is 6. The Morgan fingerprint density at radius 3 is 2.62 bits per heavy atom. The van der Waals surface area contributed by atoms with Crippen LogP contribution in [-0.4, -0.2) is 72.5 Å². The Morgan fingerprint density at radius 2 is 1.92 bits per heavy atom. The summed E-state index contributed by atoms with van der Waals surface area (Å²) in [5.41, 5.74) is 1.57. The lowest BCUT2D eigenvalue weighted by molar-refractivity contribution is -0.130. The van der Waals surface area contributed by atoms with Crippen molar-refractivity contribution in [1.82, 2.24) is 14.2 Å². The SMILES string of the molecule is C[C@@H]1CN([C@H](C)CO)S(=O)(=O)c2ccc(C#CC3CCCCC3)cc2O[C@@H]1CN(C)C(=O)Cc1ccncc1. The van der Waals surface area contributed by atoms with Gasteiger partial charge in [0.15, 0.2) is 0 Å². The maximum Gasteiger partial charge on any atom is 0.247 e. The molecular weight excluding hydrogens is 514 g/mol. The van der Waals surface area contributed by atoms with Crippen molar-refractivity contribution < 1.29 is 23.1 Å². The Balaban J connectivity index is 1.64. The number of likely N-dealkylation sites (N-methyl/N-ethyl adjacent to an activating group) is 1.